The molecule has 2 fully saturated rings. The highest BCUT2D eigenvalue weighted by Crippen LogP contribution is 2.40. The molecule has 21 heavy (non-hydrogen) atoms. The van der Waals surface area contributed by atoms with E-state index in [-0.39, 0.29) is 11.7 Å². The van der Waals surface area contributed by atoms with Crippen LogP contribution in [0, 0.1) is 0 Å². The number of morpholine rings is 1. The maximum Gasteiger partial charge on any atom is 0.231 e. The second kappa shape index (κ2) is 5.50. The summed E-state index contributed by atoms with van der Waals surface area (Å²) < 4.78 is 17.5. The molecule has 3 aliphatic rings. The topological polar surface area (TPSA) is 39.7 Å². The van der Waals surface area contributed by atoms with Crippen LogP contribution in [0.4, 0.5) is 0 Å². The molecule has 0 radical (unpaired) electrons. The van der Waals surface area contributed by atoms with Gasteiger partial charge in [0.2, 0.25) is 6.79 Å². The predicted octanol–water partition coefficient (Wildman–Crippen LogP) is 3.17. The maximum atomic E-state index is 6.58. The summed E-state index contributed by atoms with van der Waals surface area (Å²) in [5, 5.41) is 3.59. The molecule has 1 N–H and O–H groups in total. The van der Waals surface area contributed by atoms with Crippen LogP contribution in [0.15, 0.2) is 18.2 Å². The van der Waals surface area contributed by atoms with Gasteiger partial charge in [-0.2, -0.15) is 0 Å². The van der Waals surface area contributed by atoms with Crippen LogP contribution < -0.4 is 14.8 Å². The van der Waals surface area contributed by atoms with Crippen LogP contribution in [-0.2, 0) is 4.74 Å². The number of ether oxygens (including phenoxy) is 3. The Morgan fingerprint density at radius 3 is 2.67 bits per heavy atom. The molecule has 4 heteroatoms. The van der Waals surface area contributed by atoms with Gasteiger partial charge in [0.1, 0.15) is 0 Å². The van der Waals surface area contributed by atoms with E-state index in [9.17, 15) is 0 Å². The molecule has 1 unspecified atom stereocenters. The molecule has 1 atom stereocenters. The Kier molecular flexibility index (Phi) is 3.51. The molecule has 4 rings (SSSR count). The standard InChI is InChI=1S/C17H23NO3/c1-2-4-8-17(7-3-1)11-18-10-16(21-17)13-5-6-14-15(9-13)20-12-19-14/h5-6,9,16,18H,1-4,7-8,10-12H2. The first kappa shape index (κ1) is 13.4. The molecule has 2 aliphatic heterocycles. The zero-order chi connectivity index (χ0) is 14.1. The van der Waals surface area contributed by atoms with E-state index in [2.05, 4.69) is 17.4 Å². The molecule has 114 valence electrons. The molecule has 1 aliphatic carbocycles. The van der Waals surface area contributed by atoms with Crippen LogP contribution in [-0.4, -0.2) is 25.5 Å². The number of rotatable bonds is 1. The summed E-state index contributed by atoms with van der Waals surface area (Å²) >= 11 is 0. The predicted molar refractivity (Wildman–Crippen MR) is 79.7 cm³/mol. The highest BCUT2D eigenvalue weighted by molar-refractivity contribution is 5.45. The van der Waals surface area contributed by atoms with Gasteiger partial charge in [0.25, 0.3) is 0 Å². The third kappa shape index (κ3) is 2.62. The van der Waals surface area contributed by atoms with E-state index >= 15 is 0 Å². The molecule has 0 aromatic heterocycles. The van der Waals surface area contributed by atoms with Crippen molar-refractivity contribution in [3.05, 3.63) is 23.8 Å². The highest BCUT2D eigenvalue weighted by Gasteiger charge is 2.38. The molecule has 2 heterocycles. The quantitative estimate of drug-likeness (QED) is 0.862. The smallest absolute Gasteiger partial charge is 0.231 e. The number of fused-ring (bicyclic) bond motifs is 1. The zero-order valence-electron chi connectivity index (χ0n) is 12.4. The molecule has 0 amide bonds. The molecule has 0 bridgehead atoms. The van der Waals surface area contributed by atoms with Gasteiger partial charge in [-0.1, -0.05) is 31.7 Å². The minimum absolute atomic E-state index is 0.0375. The van der Waals surface area contributed by atoms with Crippen molar-refractivity contribution in [3.8, 4) is 11.5 Å². The van der Waals surface area contributed by atoms with E-state index in [1.165, 1.54) is 44.1 Å². The van der Waals surface area contributed by atoms with Gasteiger partial charge in [-0.25, -0.2) is 0 Å². The summed E-state index contributed by atoms with van der Waals surface area (Å²) in [6.07, 6.45) is 7.75. The second-order valence-corrected chi connectivity index (χ2v) is 6.45. The van der Waals surface area contributed by atoms with Crippen molar-refractivity contribution in [2.45, 2.75) is 50.2 Å². The molecule has 1 saturated heterocycles. The second-order valence-electron chi connectivity index (χ2n) is 6.45. The van der Waals surface area contributed by atoms with E-state index < -0.39 is 0 Å². The lowest BCUT2D eigenvalue weighted by atomic mass is 9.91. The van der Waals surface area contributed by atoms with Crippen LogP contribution in [0.5, 0.6) is 11.5 Å². The first-order chi connectivity index (χ1) is 10.3. The van der Waals surface area contributed by atoms with E-state index in [4.69, 9.17) is 14.2 Å². The normalized spacial score (nSPS) is 27.5. The summed E-state index contributed by atoms with van der Waals surface area (Å²) in [5.74, 6) is 1.68. The van der Waals surface area contributed by atoms with Crippen molar-refractivity contribution in [2.75, 3.05) is 19.9 Å². The largest absolute Gasteiger partial charge is 0.454 e. The number of benzene rings is 1. The fourth-order valence-electron chi connectivity index (χ4n) is 3.78. The van der Waals surface area contributed by atoms with Crippen molar-refractivity contribution in [1.29, 1.82) is 0 Å². The first-order valence-electron chi connectivity index (χ1n) is 8.13. The van der Waals surface area contributed by atoms with Gasteiger partial charge in [0.05, 0.1) is 11.7 Å². The summed E-state index contributed by atoms with van der Waals surface area (Å²) in [5.41, 5.74) is 1.23. The van der Waals surface area contributed by atoms with Crippen LogP contribution in [0.25, 0.3) is 0 Å². The van der Waals surface area contributed by atoms with Gasteiger partial charge in [-0.3, -0.25) is 0 Å². The number of nitrogens with one attached hydrogen (secondary N) is 1. The molecule has 4 nitrogen and oxygen atoms in total. The fraction of sp³-hybridized carbons (Fsp3) is 0.647. The lowest BCUT2D eigenvalue weighted by Crippen LogP contribution is -2.50. The van der Waals surface area contributed by atoms with Gasteiger partial charge < -0.3 is 19.5 Å². The van der Waals surface area contributed by atoms with E-state index in [0.717, 1.165) is 24.6 Å². The Morgan fingerprint density at radius 1 is 1.00 bits per heavy atom. The minimum atomic E-state index is 0.0375. The van der Waals surface area contributed by atoms with Gasteiger partial charge in [-0.15, -0.1) is 0 Å². The molecule has 1 aromatic carbocycles. The Hall–Kier alpha value is -1.26. The SMILES string of the molecule is c1cc2c(cc1C1CNCC3(CCCCCC3)O1)OCO2. The lowest BCUT2D eigenvalue weighted by Gasteiger charge is -2.41. The zero-order valence-corrected chi connectivity index (χ0v) is 12.4. The summed E-state index contributed by atoms with van der Waals surface area (Å²) in [7, 11) is 0. The van der Waals surface area contributed by atoms with Crippen molar-refractivity contribution >= 4 is 0 Å². The lowest BCUT2D eigenvalue weighted by molar-refractivity contribution is -0.126. The van der Waals surface area contributed by atoms with Gasteiger partial charge in [-0.05, 0) is 30.5 Å². The van der Waals surface area contributed by atoms with Gasteiger partial charge >= 0.3 is 0 Å². The van der Waals surface area contributed by atoms with E-state index in [0.29, 0.717) is 6.79 Å². The first-order valence-corrected chi connectivity index (χ1v) is 8.13. The van der Waals surface area contributed by atoms with Crippen molar-refractivity contribution < 1.29 is 14.2 Å². The maximum absolute atomic E-state index is 6.58. The van der Waals surface area contributed by atoms with Gasteiger partial charge in [0.15, 0.2) is 11.5 Å². The minimum Gasteiger partial charge on any atom is -0.454 e. The number of hydrogen-bond donors (Lipinski definition) is 1. The molecule has 1 aromatic rings. The van der Waals surface area contributed by atoms with Crippen LogP contribution in [0.1, 0.15) is 50.2 Å². The van der Waals surface area contributed by atoms with Crippen molar-refractivity contribution in [1.82, 2.24) is 5.32 Å². The average Bonchev–Trinajstić information content (AvgIpc) is 2.88. The monoisotopic (exact) mass is 289 g/mol. The van der Waals surface area contributed by atoms with Crippen LogP contribution in [0.2, 0.25) is 0 Å². The Bertz CT molecular complexity index is 509. The van der Waals surface area contributed by atoms with Crippen molar-refractivity contribution in [2.24, 2.45) is 0 Å². The van der Waals surface area contributed by atoms with Crippen LogP contribution >= 0.6 is 0 Å². The highest BCUT2D eigenvalue weighted by atomic mass is 16.7. The summed E-state index contributed by atoms with van der Waals surface area (Å²) in [6, 6.07) is 6.18. The van der Waals surface area contributed by atoms with Crippen molar-refractivity contribution in [3.63, 3.8) is 0 Å². The Labute approximate surface area is 125 Å². The van der Waals surface area contributed by atoms with Gasteiger partial charge in [0, 0.05) is 13.1 Å². The number of hydrogen-bond acceptors (Lipinski definition) is 4. The third-order valence-corrected chi connectivity index (χ3v) is 4.95. The van der Waals surface area contributed by atoms with E-state index in [1.807, 2.05) is 6.07 Å². The molecule has 1 spiro atoms. The molecular formula is C17H23NO3. The summed E-state index contributed by atoms with van der Waals surface area (Å²) in [6.45, 7) is 2.20. The summed E-state index contributed by atoms with van der Waals surface area (Å²) in [4.78, 5) is 0. The Morgan fingerprint density at radius 2 is 1.81 bits per heavy atom. The molecule has 1 saturated carbocycles. The average molecular weight is 289 g/mol. The molecular weight excluding hydrogens is 266 g/mol. The fourth-order valence-corrected chi connectivity index (χ4v) is 3.78. The Balaban J connectivity index is 1.54. The van der Waals surface area contributed by atoms with Crippen LogP contribution in [0.3, 0.4) is 0 Å². The third-order valence-electron chi connectivity index (χ3n) is 4.95. The van der Waals surface area contributed by atoms with E-state index in [1.54, 1.807) is 0 Å².